The topological polar surface area (TPSA) is 58.5 Å². The van der Waals surface area contributed by atoms with Crippen LogP contribution in [0.3, 0.4) is 0 Å². The molecule has 1 heterocycles. The maximum atomic E-state index is 5.67. The number of aromatic nitrogens is 1. The standard InChI is InChI=1S/C18H26N4OS/c1-3-17-22-15(14-24-17)10-12-21-18(19-2)20-11-7-13-23-16-8-5-4-6-9-16/h4-6,8-9,14H,3,7,10-13H2,1-2H3,(H2,19,20,21). The normalized spacial score (nSPS) is 11.3. The van der Waals surface area contributed by atoms with Gasteiger partial charge in [0, 0.05) is 31.9 Å². The predicted molar refractivity (Wildman–Crippen MR) is 101 cm³/mol. The van der Waals surface area contributed by atoms with E-state index in [4.69, 9.17) is 4.74 Å². The fourth-order valence-corrected chi connectivity index (χ4v) is 2.92. The zero-order valence-corrected chi connectivity index (χ0v) is 15.2. The van der Waals surface area contributed by atoms with Crippen LogP contribution in [0, 0.1) is 0 Å². The number of nitrogens with zero attached hydrogens (tertiary/aromatic N) is 2. The Morgan fingerprint density at radius 1 is 1.21 bits per heavy atom. The fraction of sp³-hybridized carbons (Fsp3) is 0.444. The number of ether oxygens (including phenoxy) is 1. The molecule has 0 aliphatic rings. The molecule has 24 heavy (non-hydrogen) atoms. The van der Waals surface area contributed by atoms with E-state index in [1.54, 1.807) is 18.4 Å². The van der Waals surface area contributed by atoms with E-state index in [2.05, 4.69) is 32.9 Å². The molecule has 0 fully saturated rings. The van der Waals surface area contributed by atoms with Gasteiger partial charge in [-0.3, -0.25) is 4.99 Å². The molecule has 2 N–H and O–H groups in total. The molecule has 0 saturated carbocycles. The SMILES string of the molecule is CCc1nc(CCNC(=NC)NCCCOc2ccccc2)cs1. The van der Waals surface area contributed by atoms with Crippen LogP contribution in [0.25, 0.3) is 0 Å². The third kappa shape index (κ3) is 6.58. The van der Waals surface area contributed by atoms with Crippen LogP contribution in [-0.4, -0.2) is 37.7 Å². The number of benzene rings is 1. The van der Waals surface area contributed by atoms with Crippen LogP contribution >= 0.6 is 11.3 Å². The summed E-state index contributed by atoms with van der Waals surface area (Å²) in [6, 6.07) is 9.88. The molecule has 0 atom stereocenters. The first kappa shape index (κ1) is 18.3. The Balaban J connectivity index is 1.57. The molecule has 0 aliphatic heterocycles. The minimum absolute atomic E-state index is 0.687. The van der Waals surface area contributed by atoms with Crippen molar-refractivity contribution in [2.45, 2.75) is 26.2 Å². The number of thiazole rings is 1. The fourth-order valence-electron chi connectivity index (χ4n) is 2.14. The summed E-state index contributed by atoms with van der Waals surface area (Å²) >= 11 is 1.73. The van der Waals surface area contributed by atoms with Gasteiger partial charge in [-0.2, -0.15) is 0 Å². The average Bonchev–Trinajstić information content (AvgIpc) is 3.09. The van der Waals surface area contributed by atoms with Crippen molar-refractivity contribution in [1.29, 1.82) is 0 Å². The van der Waals surface area contributed by atoms with E-state index in [9.17, 15) is 0 Å². The number of guanidine groups is 1. The lowest BCUT2D eigenvalue weighted by molar-refractivity contribution is 0.311. The molecule has 2 aromatic rings. The third-order valence-electron chi connectivity index (χ3n) is 3.42. The summed E-state index contributed by atoms with van der Waals surface area (Å²) in [4.78, 5) is 8.80. The molecule has 130 valence electrons. The first-order chi connectivity index (χ1) is 11.8. The molecule has 0 saturated heterocycles. The minimum Gasteiger partial charge on any atom is -0.494 e. The van der Waals surface area contributed by atoms with E-state index in [1.165, 1.54) is 5.01 Å². The number of aryl methyl sites for hydroxylation is 1. The van der Waals surface area contributed by atoms with Crippen LogP contribution in [0.2, 0.25) is 0 Å². The molecule has 5 nitrogen and oxygen atoms in total. The van der Waals surface area contributed by atoms with Gasteiger partial charge in [-0.25, -0.2) is 4.98 Å². The van der Waals surface area contributed by atoms with Crippen LogP contribution in [0.4, 0.5) is 0 Å². The molecule has 2 rings (SSSR count). The molecule has 6 heteroatoms. The van der Waals surface area contributed by atoms with Crippen molar-refractivity contribution in [3.63, 3.8) is 0 Å². The number of para-hydroxylation sites is 1. The first-order valence-corrected chi connectivity index (χ1v) is 9.25. The van der Waals surface area contributed by atoms with Crippen molar-refractivity contribution in [3.05, 3.63) is 46.4 Å². The van der Waals surface area contributed by atoms with Gasteiger partial charge in [0.25, 0.3) is 0 Å². The lowest BCUT2D eigenvalue weighted by atomic mass is 10.3. The molecule has 0 aliphatic carbocycles. The van der Waals surface area contributed by atoms with Crippen molar-refractivity contribution in [2.75, 3.05) is 26.7 Å². The van der Waals surface area contributed by atoms with Gasteiger partial charge in [0.15, 0.2) is 5.96 Å². The second-order valence-electron chi connectivity index (χ2n) is 5.28. The Morgan fingerprint density at radius 2 is 2.00 bits per heavy atom. The summed E-state index contributed by atoms with van der Waals surface area (Å²) in [7, 11) is 1.79. The van der Waals surface area contributed by atoms with Crippen molar-refractivity contribution in [3.8, 4) is 5.75 Å². The van der Waals surface area contributed by atoms with Gasteiger partial charge < -0.3 is 15.4 Å². The summed E-state index contributed by atoms with van der Waals surface area (Å²) < 4.78 is 5.67. The van der Waals surface area contributed by atoms with Gasteiger partial charge in [-0.1, -0.05) is 25.1 Å². The third-order valence-corrected chi connectivity index (χ3v) is 4.47. The predicted octanol–water partition coefficient (Wildman–Crippen LogP) is 2.88. The molecule has 1 aromatic carbocycles. The molecule has 0 radical (unpaired) electrons. The van der Waals surface area contributed by atoms with Crippen molar-refractivity contribution in [1.82, 2.24) is 15.6 Å². The molecule has 1 aromatic heterocycles. The highest BCUT2D eigenvalue weighted by atomic mass is 32.1. The summed E-state index contributed by atoms with van der Waals surface area (Å²) in [5, 5.41) is 9.95. The zero-order chi connectivity index (χ0) is 17.0. The number of nitrogens with one attached hydrogen (secondary N) is 2. The van der Waals surface area contributed by atoms with Gasteiger partial charge >= 0.3 is 0 Å². The highest BCUT2D eigenvalue weighted by molar-refractivity contribution is 7.09. The molecular weight excluding hydrogens is 320 g/mol. The number of rotatable bonds is 9. The molecular formula is C18H26N4OS. The van der Waals surface area contributed by atoms with Crippen LogP contribution < -0.4 is 15.4 Å². The largest absolute Gasteiger partial charge is 0.494 e. The highest BCUT2D eigenvalue weighted by Gasteiger charge is 2.01. The quantitative estimate of drug-likeness (QED) is 0.416. The Bertz CT molecular complexity index is 612. The van der Waals surface area contributed by atoms with Crippen molar-refractivity contribution < 1.29 is 4.74 Å². The lowest BCUT2D eigenvalue weighted by Gasteiger charge is -2.11. The first-order valence-electron chi connectivity index (χ1n) is 8.37. The molecule has 0 amide bonds. The van der Waals surface area contributed by atoms with E-state index in [-0.39, 0.29) is 0 Å². The van der Waals surface area contributed by atoms with Gasteiger partial charge in [0.2, 0.25) is 0 Å². The van der Waals surface area contributed by atoms with E-state index in [1.807, 2.05) is 30.3 Å². The van der Waals surface area contributed by atoms with Gasteiger partial charge in [0.1, 0.15) is 5.75 Å². The van der Waals surface area contributed by atoms with Gasteiger partial charge in [-0.05, 0) is 25.0 Å². The highest BCUT2D eigenvalue weighted by Crippen LogP contribution is 2.10. The monoisotopic (exact) mass is 346 g/mol. The summed E-state index contributed by atoms with van der Waals surface area (Å²) in [6.07, 6.45) is 2.84. The average molecular weight is 346 g/mol. The van der Waals surface area contributed by atoms with E-state index >= 15 is 0 Å². The minimum atomic E-state index is 0.687. The second-order valence-corrected chi connectivity index (χ2v) is 6.22. The van der Waals surface area contributed by atoms with Crippen LogP contribution in [-0.2, 0) is 12.8 Å². The van der Waals surface area contributed by atoms with E-state index in [0.717, 1.165) is 49.8 Å². The number of aliphatic imine (C=N–C) groups is 1. The number of hydrogen-bond donors (Lipinski definition) is 2. The number of hydrogen-bond acceptors (Lipinski definition) is 4. The van der Waals surface area contributed by atoms with E-state index in [0.29, 0.717) is 6.61 Å². The van der Waals surface area contributed by atoms with Crippen LogP contribution in [0.15, 0.2) is 40.7 Å². The summed E-state index contributed by atoms with van der Waals surface area (Å²) in [5.41, 5.74) is 1.15. The second kappa shape index (κ2) is 10.6. The summed E-state index contributed by atoms with van der Waals surface area (Å²) in [6.45, 7) is 4.47. The van der Waals surface area contributed by atoms with Crippen LogP contribution in [0.1, 0.15) is 24.0 Å². The smallest absolute Gasteiger partial charge is 0.190 e. The van der Waals surface area contributed by atoms with Gasteiger partial charge in [0.05, 0.1) is 17.3 Å². The van der Waals surface area contributed by atoms with Gasteiger partial charge in [-0.15, -0.1) is 11.3 Å². The maximum absolute atomic E-state index is 5.67. The Kier molecular flexibility index (Phi) is 8.10. The molecule has 0 spiro atoms. The molecule has 0 bridgehead atoms. The summed E-state index contributed by atoms with van der Waals surface area (Å²) in [5.74, 6) is 1.73. The van der Waals surface area contributed by atoms with Crippen molar-refractivity contribution >= 4 is 17.3 Å². The zero-order valence-electron chi connectivity index (χ0n) is 14.4. The Hall–Kier alpha value is -2.08. The Labute approximate surface area is 148 Å². The van der Waals surface area contributed by atoms with E-state index < -0.39 is 0 Å². The molecule has 0 unspecified atom stereocenters. The maximum Gasteiger partial charge on any atom is 0.190 e. The van der Waals surface area contributed by atoms with Crippen molar-refractivity contribution in [2.24, 2.45) is 4.99 Å². The Morgan fingerprint density at radius 3 is 2.71 bits per heavy atom. The lowest BCUT2D eigenvalue weighted by Crippen LogP contribution is -2.39. The van der Waals surface area contributed by atoms with Crippen LogP contribution in [0.5, 0.6) is 5.75 Å².